The Bertz CT molecular complexity index is 964. The minimum atomic E-state index is -0.727. The van der Waals surface area contributed by atoms with Gasteiger partial charge in [0.25, 0.3) is 5.91 Å². The zero-order valence-corrected chi connectivity index (χ0v) is 14.4. The summed E-state index contributed by atoms with van der Waals surface area (Å²) in [6.45, 7) is 2.16. The molecule has 25 heavy (non-hydrogen) atoms. The van der Waals surface area contributed by atoms with E-state index in [1.807, 2.05) is 54.8 Å². The second-order valence-electron chi connectivity index (χ2n) is 5.77. The number of hydrazone groups is 1. The summed E-state index contributed by atoms with van der Waals surface area (Å²) in [6, 6.07) is 13.8. The smallest absolute Gasteiger partial charge is 0.284 e. The highest BCUT2D eigenvalue weighted by atomic mass is 32.1. The Balaban J connectivity index is 1.46. The first-order chi connectivity index (χ1) is 12.2. The van der Waals surface area contributed by atoms with Gasteiger partial charge in [-0.05, 0) is 46.8 Å². The van der Waals surface area contributed by atoms with Crippen LogP contribution in [0, 0.1) is 6.92 Å². The van der Waals surface area contributed by atoms with Gasteiger partial charge >= 0.3 is 0 Å². The van der Waals surface area contributed by atoms with E-state index in [2.05, 4.69) is 10.5 Å². The number of aryl methyl sites for hydroxylation is 1. The van der Waals surface area contributed by atoms with Crippen LogP contribution in [0.1, 0.15) is 10.4 Å². The first kappa shape index (κ1) is 15.7. The lowest BCUT2D eigenvalue weighted by atomic mass is 10.1. The van der Waals surface area contributed by atoms with E-state index >= 15 is 0 Å². The predicted octanol–water partition coefficient (Wildman–Crippen LogP) is 3.50. The summed E-state index contributed by atoms with van der Waals surface area (Å²) in [7, 11) is 0. The first-order valence-electron chi connectivity index (χ1n) is 7.90. The Labute approximate surface area is 148 Å². The molecule has 1 N–H and O–H groups in total. The Morgan fingerprint density at radius 1 is 1.24 bits per heavy atom. The molecule has 0 saturated carbocycles. The van der Waals surface area contributed by atoms with Crippen molar-refractivity contribution >= 4 is 34.2 Å². The minimum absolute atomic E-state index is 0.157. The van der Waals surface area contributed by atoms with Crippen molar-refractivity contribution < 1.29 is 14.3 Å². The molecule has 0 aliphatic carbocycles. The summed E-state index contributed by atoms with van der Waals surface area (Å²) >= 11 is 1.57. The van der Waals surface area contributed by atoms with Crippen molar-refractivity contribution in [2.45, 2.75) is 13.0 Å². The second kappa shape index (κ2) is 6.57. The van der Waals surface area contributed by atoms with Crippen LogP contribution in [-0.2, 0) is 4.79 Å². The number of thiophene rings is 1. The zero-order chi connectivity index (χ0) is 17.2. The number of amides is 1. The van der Waals surface area contributed by atoms with Gasteiger partial charge < -0.3 is 9.47 Å². The van der Waals surface area contributed by atoms with Gasteiger partial charge in [0, 0.05) is 4.88 Å². The number of hydrogen-bond acceptors (Lipinski definition) is 5. The summed E-state index contributed by atoms with van der Waals surface area (Å²) in [4.78, 5) is 13.3. The van der Waals surface area contributed by atoms with Gasteiger partial charge in [-0.1, -0.05) is 24.3 Å². The largest absolute Gasteiger partial charge is 0.485 e. The molecule has 0 bridgehead atoms. The highest BCUT2D eigenvalue weighted by Crippen LogP contribution is 2.35. The number of rotatable bonds is 3. The predicted molar refractivity (Wildman–Crippen MR) is 98.7 cm³/mol. The molecule has 1 atom stereocenters. The summed E-state index contributed by atoms with van der Waals surface area (Å²) in [5, 5.41) is 8.10. The summed E-state index contributed by atoms with van der Waals surface area (Å²) in [6.07, 6.45) is 0.915. The van der Waals surface area contributed by atoms with Gasteiger partial charge in [-0.25, -0.2) is 5.43 Å². The van der Waals surface area contributed by atoms with Gasteiger partial charge in [0.1, 0.15) is 6.61 Å². The van der Waals surface area contributed by atoms with Crippen LogP contribution in [0.15, 0.2) is 52.9 Å². The average molecular weight is 352 g/mol. The molecule has 6 heteroatoms. The molecule has 126 valence electrons. The SMILES string of the molecule is Cc1ccsc1/C=N/NC(=O)[C@@H]1COc2cc3ccccc3cc2O1. The van der Waals surface area contributed by atoms with E-state index in [9.17, 15) is 4.79 Å². The molecular formula is C19H16N2O3S. The lowest BCUT2D eigenvalue weighted by Crippen LogP contribution is -2.42. The van der Waals surface area contributed by atoms with Crippen molar-refractivity contribution in [3.8, 4) is 11.5 Å². The molecule has 1 aromatic heterocycles. The maximum Gasteiger partial charge on any atom is 0.284 e. The topological polar surface area (TPSA) is 59.9 Å². The summed E-state index contributed by atoms with van der Waals surface area (Å²) in [5.41, 5.74) is 3.64. The fraction of sp³-hybridized carbons (Fsp3) is 0.158. The number of carbonyl (C=O) groups is 1. The van der Waals surface area contributed by atoms with Gasteiger partial charge in [0.15, 0.2) is 11.5 Å². The molecule has 1 aliphatic heterocycles. The van der Waals surface area contributed by atoms with E-state index in [1.54, 1.807) is 17.6 Å². The van der Waals surface area contributed by atoms with E-state index in [4.69, 9.17) is 9.47 Å². The van der Waals surface area contributed by atoms with Crippen molar-refractivity contribution in [2.75, 3.05) is 6.61 Å². The highest BCUT2D eigenvalue weighted by molar-refractivity contribution is 7.11. The van der Waals surface area contributed by atoms with Crippen molar-refractivity contribution in [1.82, 2.24) is 5.43 Å². The maximum atomic E-state index is 12.3. The van der Waals surface area contributed by atoms with Crippen molar-refractivity contribution in [2.24, 2.45) is 5.10 Å². The maximum absolute atomic E-state index is 12.3. The summed E-state index contributed by atoms with van der Waals surface area (Å²) < 4.78 is 11.5. The molecular weight excluding hydrogens is 336 g/mol. The number of ether oxygens (including phenoxy) is 2. The van der Waals surface area contributed by atoms with Crippen LogP contribution in [-0.4, -0.2) is 24.8 Å². The quantitative estimate of drug-likeness (QED) is 0.580. The third-order valence-corrected chi connectivity index (χ3v) is 4.98. The molecule has 1 aliphatic rings. The van der Waals surface area contributed by atoms with Crippen LogP contribution >= 0.6 is 11.3 Å². The summed E-state index contributed by atoms with van der Waals surface area (Å²) in [5.74, 6) is 0.896. The fourth-order valence-corrected chi connectivity index (χ4v) is 3.41. The van der Waals surface area contributed by atoms with E-state index in [0.717, 1.165) is 21.2 Å². The minimum Gasteiger partial charge on any atom is -0.485 e. The average Bonchev–Trinajstić information content (AvgIpc) is 3.04. The number of fused-ring (bicyclic) bond motifs is 2. The van der Waals surface area contributed by atoms with Crippen LogP contribution in [0.2, 0.25) is 0 Å². The lowest BCUT2D eigenvalue weighted by Gasteiger charge is -2.25. The molecule has 0 radical (unpaired) electrons. The number of nitrogens with zero attached hydrogens (tertiary/aromatic N) is 1. The van der Waals surface area contributed by atoms with Gasteiger partial charge in [-0.15, -0.1) is 11.3 Å². The molecule has 1 amide bonds. The molecule has 5 nitrogen and oxygen atoms in total. The van der Waals surface area contributed by atoms with Gasteiger partial charge in [0.05, 0.1) is 6.21 Å². The number of nitrogens with one attached hydrogen (secondary N) is 1. The fourth-order valence-electron chi connectivity index (χ4n) is 2.63. The van der Waals surface area contributed by atoms with Gasteiger partial charge in [-0.3, -0.25) is 4.79 Å². The Morgan fingerprint density at radius 3 is 2.72 bits per heavy atom. The van der Waals surface area contributed by atoms with Crippen molar-refractivity contribution in [3.05, 3.63) is 58.3 Å². The van der Waals surface area contributed by atoms with Crippen LogP contribution in [0.4, 0.5) is 0 Å². The number of benzene rings is 2. The van der Waals surface area contributed by atoms with E-state index in [-0.39, 0.29) is 12.5 Å². The Hall–Kier alpha value is -2.86. The Kier molecular flexibility index (Phi) is 4.11. The molecule has 3 aromatic rings. The Morgan fingerprint density at radius 2 is 2.00 bits per heavy atom. The molecule has 2 heterocycles. The molecule has 2 aromatic carbocycles. The third kappa shape index (κ3) is 3.21. The monoisotopic (exact) mass is 352 g/mol. The van der Waals surface area contributed by atoms with Crippen LogP contribution in [0.25, 0.3) is 10.8 Å². The van der Waals surface area contributed by atoms with Gasteiger partial charge in [0.2, 0.25) is 6.10 Å². The number of hydrogen-bond donors (Lipinski definition) is 1. The molecule has 0 spiro atoms. The van der Waals surface area contributed by atoms with Gasteiger partial charge in [-0.2, -0.15) is 5.10 Å². The number of carbonyl (C=O) groups excluding carboxylic acids is 1. The van der Waals surface area contributed by atoms with Crippen molar-refractivity contribution in [1.29, 1.82) is 0 Å². The van der Waals surface area contributed by atoms with Crippen LogP contribution < -0.4 is 14.9 Å². The molecule has 0 fully saturated rings. The lowest BCUT2D eigenvalue weighted by molar-refractivity contribution is -0.130. The van der Waals surface area contributed by atoms with E-state index < -0.39 is 6.10 Å². The van der Waals surface area contributed by atoms with Crippen LogP contribution in [0.5, 0.6) is 11.5 Å². The molecule has 4 rings (SSSR count). The van der Waals surface area contributed by atoms with Crippen LogP contribution in [0.3, 0.4) is 0 Å². The second-order valence-corrected chi connectivity index (χ2v) is 6.71. The van der Waals surface area contributed by atoms with Crippen molar-refractivity contribution in [3.63, 3.8) is 0 Å². The molecule has 0 unspecified atom stereocenters. The first-order valence-corrected chi connectivity index (χ1v) is 8.78. The highest BCUT2D eigenvalue weighted by Gasteiger charge is 2.27. The molecule has 0 saturated heterocycles. The van der Waals surface area contributed by atoms with E-state index in [0.29, 0.717) is 11.5 Å². The van der Waals surface area contributed by atoms with E-state index in [1.165, 1.54) is 0 Å². The third-order valence-electron chi connectivity index (χ3n) is 4.02. The standard InChI is InChI=1S/C19H16N2O3S/c1-12-6-7-25-18(12)10-20-21-19(22)17-11-23-15-8-13-4-2-3-5-14(13)9-16(15)24-17/h2-10,17H,11H2,1H3,(H,21,22)/b20-10+/t17-/m0/s1. The zero-order valence-electron chi connectivity index (χ0n) is 13.6. The normalized spacial score (nSPS) is 16.3.